The standard InChI is InChI=1S/C9H6N4OS3/c10-8-12-13-9(17-8)11-7(14)6-3-5-4(16-6)1-2-15-5/h1-3H,(H2,10,12)(H,11,13,14). The fourth-order valence-corrected chi connectivity index (χ4v) is 3.83. The van der Waals surface area contributed by atoms with E-state index < -0.39 is 0 Å². The lowest BCUT2D eigenvalue weighted by Gasteiger charge is -1.95. The Morgan fingerprint density at radius 3 is 2.88 bits per heavy atom. The fourth-order valence-electron chi connectivity index (χ4n) is 1.32. The van der Waals surface area contributed by atoms with Crippen LogP contribution in [0.4, 0.5) is 10.3 Å². The number of hydrogen-bond donors (Lipinski definition) is 2. The lowest BCUT2D eigenvalue weighted by Crippen LogP contribution is -2.09. The molecule has 0 bridgehead atoms. The molecule has 0 aromatic carbocycles. The van der Waals surface area contributed by atoms with Crippen LogP contribution < -0.4 is 11.1 Å². The summed E-state index contributed by atoms with van der Waals surface area (Å²) in [6.45, 7) is 0. The van der Waals surface area contributed by atoms with Gasteiger partial charge in [0.05, 0.1) is 4.88 Å². The first-order valence-electron chi connectivity index (χ1n) is 4.60. The van der Waals surface area contributed by atoms with Gasteiger partial charge in [-0.1, -0.05) is 11.3 Å². The van der Waals surface area contributed by atoms with Crippen molar-refractivity contribution in [2.24, 2.45) is 0 Å². The molecule has 0 saturated carbocycles. The van der Waals surface area contributed by atoms with Gasteiger partial charge in [0.25, 0.3) is 5.91 Å². The number of nitrogen functional groups attached to an aromatic ring is 1. The van der Waals surface area contributed by atoms with Gasteiger partial charge >= 0.3 is 0 Å². The van der Waals surface area contributed by atoms with Gasteiger partial charge in [-0.05, 0) is 17.5 Å². The third-order valence-corrected chi connectivity index (χ3v) is 4.78. The number of aromatic nitrogens is 2. The topological polar surface area (TPSA) is 80.9 Å². The highest BCUT2D eigenvalue weighted by molar-refractivity contribution is 7.28. The van der Waals surface area contributed by atoms with Crippen LogP contribution in [0.1, 0.15) is 9.67 Å². The van der Waals surface area contributed by atoms with Gasteiger partial charge < -0.3 is 5.73 Å². The quantitative estimate of drug-likeness (QED) is 0.757. The van der Waals surface area contributed by atoms with E-state index in [9.17, 15) is 4.79 Å². The molecule has 0 unspecified atom stereocenters. The molecule has 3 aromatic rings. The number of anilines is 2. The molecule has 0 radical (unpaired) electrons. The molecule has 0 aliphatic carbocycles. The van der Waals surface area contributed by atoms with E-state index in [0.717, 1.165) is 20.7 Å². The largest absolute Gasteiger partial charge is 0.374 e. The number of fused-ring (bicyclic) bond motifs is 1. The van der Waals surface area contributed by atoms with Crippen LogP contribution in [0.2, 0.25) is 0 Å². The Balaban J connectivity index is 1.84. The number of hydrogen-bond acceptors (Lipinski definition) is 7. The zero-order chi connectivity index (χ0) is 11.8. The smallest absolute Gasteiger partial charge is 0.267 e. The number of carbonyl (C=O) groups is 1. The maximum Gasteiger partial charge on any atom is 0.267 e. The van der Waals surface area contributed by atoms with E-state index in [1.807, 2.05) is 17.5 Å². The van der Waals surface area contributed by atoms with Crippen molar-refractivity contribution in [3.8, 4) is 0 Å². The first kappa shape index (κ1) is 10.6. The summed E-state index contributed by atoms with van der Waals surface area (Å²) < 4.78 is 2.24. The van der Waals surface area contributed by atoms with Crippen LogP contribution in [0, 0.1) is 0 Å². The summed E-state index contributed by atoms with van der Waals surface area (Å²) in [5, 5.41) is 12.8. The summed E-state index contributed by atoms with van der Waals surface area (Å²) in [7, 11) is 0. The van der Waals surface area contributed by atoms with E-state index in [1.165, 1.54) is 11.3 Å². The summed E-state index contributed by atoms with van der Waals surface area (Å²) in [6.07, 6.45) is 0. The molecule has 3 heterocycles. The van der Waals surface area contributed by atoms with Crippen LogP contribution in [0.15, 0.2) is 17.5 Å². The second-order valence-electron chi connectivity index (χ2n) is 3.16. The monoisotopic (exact) mass is 282 g/mol. The van der Waals surface area contributed by atoms with Crippen LogP contribution >= 0.6 is 34.0 Å². The van der Waals surface area contributed by atoms with Gasteiger partial charge in [0.1, 0.15) is 0 Å². The summed E-state index contributed by atoms with van der Waals surface area (Å²) in [4.78, 5) is 12.6. The summed E-state index contributed by atoms with van der Waals surface area (Å²) >= 11 is 4.23. The Bertz CT molecular complexity index is 655. The van der Waals surface area contributed by atoms with Gasteiger partial charge in [-0.15, -0.1) is 32.9 Å². The third-order valence-electron chi connectivity index (χ3n) is 2.02. The predicted octanol–water partition coefficient (Wildman–Crippen LogP) is 2.65. The van der Waals surface area contributed by atoms with Crippen LogP contribution in [0.25, 0.3) is 9.40 Å². The van der Waals surface area contributed by atoms with Crippen molar-refractivity contribution in [3.05, 3.63) is 22.4 Å². The molecule has 0 aliphatic heterocycles. The molecule has 3 aromatic heterocycles. The molecule has 17 heavy (non-hydrogen) atoms. The highest BCUT2D eigenvalue weighted by Gasteiger charge is 2.13. The van der Waals surface area contributed by atoms with E-state index in [0.29, 0.717) is 15.1 Å². The zero-order valence-electron chi connectivity index (χ0n) is 8.34. The first-order chi connectivity index (χ1) is 8.22. The average molecular weight is 282 g/mol. The highest BCUT2D eigenvalue weighted by atomic mass is 32.1. The van der Waals surface area contributed by atoms with Gasteiger partial charge in [0, 0.05) is 9.40 Å². The van der Waals surface area contributed by atoms with Crippen LogP contribution in [0.5, 0.6) is 0 Å². The van der Waals surface area contributed by atoms with Crippen molar-refractivity contribution in [3.63, 3.8) is 0 Å². The van der Waals surface area contributed by atoms with Gasteiger partial charge in [0.15, 0.2) is 0 Å². The van der Waals surface area contributed by atoms with E-state index in [4.69, 9.17) is 5.73 Å². The number of thiophene rings is 2. The SMILES string of the molecule is Nc1nnc(NC(=O)c2cc3sccc3s2)s1. The van der Waals surface area contributed by atoms with Crippen molar-refractivity contribution in [2.75, 3.05) is 11.1 Å². The molecule has 0 atom stereocenters. The van der Waals surface area contributed by atoms with Gasteiger partial charge in [-0.2, -0.15) is 0 Å². The van der Waals surface area contributed by atoms with E-state index in [2.05, 4.69) is 15.5 Å². The number of carbonyl (C=O) groups excluding carboxylic acids is 1. The minimum atomic E-state index is -0.172. The average Bonchev–Trinajstić information content (AvgIpc) is 2.92. The summed E-state index contributed by atoms with van der Waals surface area (Å²) in [6, 6.07) is 3.88. The molecule has 0 aliphatic rings. The first-order valence-corrected chi connectivity index (χ1v) is 7.11. The molecule has 5 nitrogen and oxygen atoms in total. The maximum atomic E-state index is 11.9. The lowest BCUT2D eigenvalue weighted by molar-refractivity contribution is 0.103. The Labute approximate surface area is 108 Å². The Kier molecular flexibility index (Phi) is 2.54. The molecule has 86 valence electrons. The van der Waals surface area contributed by atoms with Crippen molar-refractivity contribution in [1.82, 2.24) is 10.2 Å². The fraction of sp³-hybridized carbons (Fsp3) is 0. The molecule has 3 N–H and O–H groups in total. The zero-order valence-corrected chi connectivity index (χ0v) is 10.8. The Morgan fingerprint density at radius 1 is 1.29 bits per heavy atom. The van der Waals surface area contributed by atoms with Crippen LogP contribution in [-0.4, -0.2) is 16.1 Å². The molecule has 3 rings (SSSR count). The molecule has 0 fully saturated rings. The highest BCUT2D eigenvalue weighted by Crippen LogP contribution is 2.30. The van der Waals surface area contributed by atoms with Gasteiger partial charge in [0.2, 0.25) is 10.3 Å². The van der Waals surface area contributed by atoms with Crippen molar-refractivity contribution in [1.29, 1.82) is 0 Å². The van der Waals surface area contributed by atoms with Crippen molar-refractivity contribution < 1.29 is 4.79 Å². The van der Waals surface area contributed by atoms with Crippen LogP contribution in [0.3, 0.4) is 0 Å². The molecular formula is C9H6N4OS3. The molecule has 0 saturated heterocycles. The minimum absolute atomic E-state index is 0.172. The predicted molar refractivity (Wildman–Crippen MR) is 72.0 cm³/mol. The number of nitrogens with one attached hydrogen (secondary N) is 1. The van der Waals surface area contributed by atoms with E-state index in [-0.39, 0.29) is 5.91 Å². The van der Waals surface area contributed by atoms with Gasteiger partial charge in [-0.3, -0.25) is 10.1 Å². The molecule has 1 amide bonds. The second kappa shape index (κ2) is 4.06. The number of amides is 1. The summed E-state index contributed by atoms with van der Waals surface area (Å²) in [5.41, 5.74) is 5.44. The minimum Gasteiger partial charge on any atom is -0.374 e. The van der Waals surface area contributed by atoms with Crippen LogP contribution in [-0.2, 0) is 0 Å². The van der Waals surface area contributed by atoms with Crippen molar-refractivity contribution >= 4 is 59.6 Å². The lowest BCUT2D eigenvalue weighted by atomic mass is 10.4. The normalized spacial score (nSPS) is 10.8. The summed E-state index contributed by atoms with van der Waals surface area (Å²) in [5.74, 6) is -0.172. The Morgan fingerprint density at radius 2 is 2.18 bits per heavy atom. The van der Waals surface area contributed by atoms with Gasteiger partial charge in [-0.25, -0.2) is 0 Å². The van der Waals surface area contributed by atoms with Crippen molar-refractivity contribution in [2.45, 2.75) is 0 Å². The molecular weight excluding hydrogens is 276 g/mol. The molecule has 8 heteroatoms. The number of nitrogens with zero attached hydrogens (tertiary/aromatic N) is 2. The second-order valence-corrected chi connectivity index (χ2v) is 6.20. The number of nitrogens with two attached hydrogens (primary N) is 1. The maximum absolute atomic E-state index is 11.9. The molecule has 0 spiro atoms. The Hall–Kier alpha value is -1.51. The van der Waals surface area contributed by atoms with E-state index >= 15 is 0 Å². The third kappa shape index (κ3) is 2.02. The number of rotatable bonds is 2. The van der Waals surface area contributed by atoms with E-state index in [1.54, 1.807) is 11.3 Å².